The van der Waals surface area contributed by atoms with Crippen molar-refractivity contribution in [1.29, 1.82) is 0 Å². The molecular weight excluding hydrogens is 436 g/mol. The summed E-state index contributed by atoms with van der Waals surface area (Å²) in [6, 6.07) is 2.56. The molecular formula is C21H34N4O6S. The van der Waals surface area contributed by atoms with E-state index in [1.807, 2.05) is 19.1 Å². The highest BCUT2D eigenvalue weighted by atomic mass is 32.2. The van der Waals surface area contributed by atoms with Crippen LogP contribution in [-0.2, 0) is 35.6 Å². The van der Waals surface area contributed by atoms with Crippen LogP contribution in [-0.4, -0.2) is 74.1 Å². The zero-order valence-electron chi connectivity index (χ0n) is 19.0. The molecule has 0 spiro atoms. The quantitative estimate of drug-likeness (QED) is 0.359. The predicted octanol–water partition coefficient (Wildman–Crippen LogP) is 0.630. The summed E-state index contributed by atoms with van der Waals surface area (Å²) >= 11 is 0. The number of carbonyl (C=O) groups is 3. The van der Waals surface area contributed by atoms with E-state index in [2.05, 4.69) is 15.0 Å². The predicted molar refractivity (Wildman–Crippen MR) is 120 cm³/mol. The Bertz CT molecular complexity index is 832. The van der Waals surface area contributed by atoms with Gasteiger partial charge in [0.15, 0.2) is 0 Å². The van der Waals surface area contributed by atoms with Crippen LogP contribution in [0.15, 0.2) is 24.5 Å². The van der Waals surface area contributed by atoms with Gasteiger partial charge in [0.25, 0.3) is 0 Å². The Morgan fingerprint density at radius 3 is 2.44 bits per heavy atom. The summed E-state index contributed by atoms with van der Waals surface area (Å²) in [4.78, 5) is 42.5. The van der Waals surface area contributed by atoms with Crippen molar-refractivity contribution < 1.29 is 27.5 Å². The highest BCUT2D eigenvalue weighted by molar-refractivity contribution is 7.89. The van der Waals surface area contributed by atoms with Crippen molar-refractivity contribution in [2.45, 2.75) is 52.5 Å². The molecule has 1 atom stereocenters. The molecule has 0 saturated heterocycles. The molecule has 1 rings (SSSR count). The van der Waals surface area contributed by atoms with E-state index in [1.54, 1.807) is 19.3 Å². The third kappa shape index (κ3) is 10.7. The van der Waals surface area contributed by atoms with Gasteiger partial charge in [-0.25, -0.2) is 8.42 Å². The lowest BCUT2D eigenvalue weighted by Gasteiger charge is -2.23. The van der Waals surface area contributed by atoms with E-state index < -0.39 is 27.9 Å². The molecule has 0 aromatic carbocycles. The van der Waals surface area contributed by atoms with E-state index in [9.17, 15) is 22.8 Å². The first-order valence-corrected chi connectivity index (χ1v) is 12.5. The molecule has 1 unspecified atom stereocenters. The second kappa shape index (κ2) is 14.5. The molecule has 0 bridgehead atoms. The van der Waals surface area contributed by atoms with E-state index in [0.29, 0.717) is 25.8 Å². The second-order valence-electron chi connectivity index (χ2n) is 7.15. The summed E-state index contributed by atoms with van der Waals surface area (Å²) in [7, 11) is -3.68. The molecule has 0 aliphatic carbocycles. The zero-order valence-corrected chi connectivity index (χ0v) is 19.8. The standard InChI is InChI=1S/C21H34N4O6S/c1-4-14-25(20(27)9-7-8-17-10-12-22-13-11-17)16-19(26)23-15-18(21(28)31-5-2)24-32(29,30)6-3/h10-13,18,24H,4-9,14-16H2,1-3H3,(H,23,26). The SMILES string of the molecule is CCCN(CC(=O)NCC(NS(=O)(=O)CC)C(=O)OCC)C(=O)CCCc1ccncc1. The van der Waals surface area contributed by atoms with Gasteiger partial charge in [-0.3, -0.25) is 19.4 Å². The van der Waals surface area contributed by atoms with Gasteiger partial charge in [0.05, 0.1) is 18.9 Å². The highest BCUT2D eigenvalue weighted by Gasteiger charge is 2.26. The number of aromatic nitrogens is 1. The van der Waals surface area contributed by atoms with Crippen LogP contribution >= 0.6 is 0 Å². The van der Waals surface area contributed by atoms with Crippen molar-refractivity contribution in [2.75, 3.05) is 32.0 Å². The van der Waals surface area contributed by atoms with Crippen LogP contribution in [0.5, 0.6) is 0 Å². The number of nitrogens with zero attached hydrogens (tertiary/aromatic N) is 2. The number of carbonyl (C=O) groups excluding carboxylic acids is 3. The number of pyridine rings is 1. The first-order valence-electron chi connectivity index (χ1n) is 10.8. The first kappa shape index (κ1) is 27.5. The maximum atomic E-state index is 12.6. The Balaban J connectivity index is 2.61. The molecule has 1 aromatic rings. The number of sulfonamides is 1. The van der Waals surface area contributed by atoms with E-state index in [-0.39, 0.29) is 31.4 Å². The average Bonchev–Trinajstić information content (AvgIpc) is 2.77. The Kier molecular flexibility index (Phi) is 12.5. The van der Waals surface area contributed by atoms with Crippen molar-refractivity contribution in [2.24, 2.45) is 0 Å². The summed E-state index contributed by atoms with van der Waals surface area (Å²) in [6.07, 6.45) is 5.78. The van der Waals surface area contributed by atoms with Gasteiger partial charge in [-0.1, -0.05) is 6.92 Å². The van der Waals surface area contributed by atoms with E-state index in [4.69, 9.17) is 4.74 Å². The Hall–Kier alpha value is -2.53. The molecule has 0 fully saturated rings. The minimum absolute atomic E-state index is 0.0788. The van der Waals surface area contributed by atoms with Crippen LogP contribution in [0.25, 0.3) is 0 Å². The first-order chi connectivity index (χ1) is 15.2. The molecule has 32 heavy (non-hydrogen) atoms. The number of amides is 2. The maximum absolute atomic E-state index is 12.6. The summed E-state index contributed by atoms with van der Waals surface area (Å²) in [5, 5.41) is 2.53. The fourth-order valence-electron chi connectivity index (χ4n) is 2.87. The second-order valence-corrected chi connectivity index (χ2v) is 9.20. The third-order valence-electron chi connectivity index (χ3n) is 4.56. The maximum Gasteiger partial charge on any atom is 0.325 e. The van der Waals surface area contributed by atoms with E-state index >= 15 is 0 Å². The Morgan fingerprint density at radius 2 is 1.84 bits per heavy atom. The van der Waals surface area contributed by atoms with Crippen LogP contribution in [0.1, 0.15) is 45.6 Å². The monoisotopic (exact) mass is 470 g/mol. The van der Waals surface area contributed by atoms with Gasteiger partial charge in [-0.15, -0.1) is 0 Å². The van der Waals surface area contributed by atoms with Crippen molar-refractivity contribution in [1.82, 2.24) is 19.9 Å². The normalized spacial score (nSPS) is 12.1. The molecule has 0 saturated carbocycles. The lowest BCUT2D eigenvalue weighted by molar-refractivity contribution is -0.145. The molecule has 0 radical (unpaired) electrons. The highest BCUT2D eigenvalue weighted by Crippen LogP contribution is 2.06. The summed E-state index contributed by atoms with van der Waals surface area (Å²) in [5.41, 5.74) is 1.09. The van der Waals surface area contributed by atoms with Crippen molar-refractivity contribution in [3.63, 3.8) is 0 Å². The topological polar surface area (TPSA) is 135 Å². The van der Waals surface area contributed by atoms with Gasteiger partial charge in [0.2, 0.25) is 21.8 Å². The summed E-state index contributed by atoms with van der Waals surface area (Å²) < 4.78 is 30.8. The number of esters is 1. The number of nitrogens with one attached hydrogen (secondary N) is 2. The summed E-state index contributed by atoms with van der Waals surface area (Å²) in [6.45, 7) is 5.01. The number of hydrogen-bond acceptors (Lipinski definition) is 7. The molecule has 10 nitrogen and oxygen atoms in total. The molecule has 0 aliphatic rings. The van der Waals surface area contributed by atoms with Crippen LogP contribution in [0.2, 0.25) is 0 Å². The van der Waals surface area contributed by atoms with Crippen molar-refractivity contribution in [3.05, 3.63) is 30.1 Å². The summed E-state index contributed by atoms with van der Waals surface area (Å²) in [5.74, 6) is -1.60. The van der Waals surface area contributed by atoms with Gasteiger partial charge in [-0.2, -0.15) is 4.72 Å². The number of rotatable bonds is 15. The Labute approximate surface area is 190 Å². The lowest BCUT2D eigenvalue weighted by Crippen LogP contribution is -2.51. The molecule has 2 amide bonds. The van der Waals surface area contributed by atoms with E-state index in [0.717, 1.165) is 12.0 Å². The lowest BCUT2D eigenvalue weighted by atomic mass is 10.1. The molecule has 2 N–H and O–H groups in total. The van der Waals surface area contributed by atoms with Gasteiger partial charge >= 0.3 is 5.97 Å². The van der Waals surface area contributed by atoms with Crippen molar-refractivity contribution >= 4 is 27.8 Å². The fraction of sp³-hybridized carbons (Fsp3) is 0.619. The van der Waals surface area contributed by atoms with Gasteiger partial charge in [0, 0.05) is 31.9 Å². The minimum atomic E-state index is -3.68. The smallest absolute Gasteiger partial charge is 0.325 e. The van der Waals surface area contributed by atoms with Gasteiger partial charge in [0.1, 0.15) is 6.04 Å². The van der Waals surface area contributed by atoms with Crippen LogP contribution < -0.4 is 10.0 Å². The molecule has 11 heteroatoms. The molecule has 1 aromatic heterocycles. The van der Waals surface area contributed by atoms with E-state index in [1.165, 1.54) is 11.8 Å². The van der Waals surface area contributed by atoms with Crippen LogP contribution in [0, 0.1) is 0 Å². The number of ether oxygens (including phenoxy) is 1. The van der Waals surface area contributed by atoms with Gasteiger partial charge in [-0.05, 0) is 50.8 Å². The molecule has 180 valence electrons. The zero-order chi connectivity index (χ0) is 24.0. The molecule has 1 heterocycles. The van der Waals surface area contributed by atoms with Gasteiger partial charge < -0.3 is 15.0 Å². The number of aryl methyl sites for hydroxylation is 1. The molecule has 0 aliphatic heterocycles. The van der Waals surface area contributed by atoms with Crippen LogP contribution in [0.3, 0.4) is 0 Å². The number of hydrogen-bond donors (Lipinski definition) is 2. The van der Waals surface area contributed by atoms with Crippen molar-refractivity contribution in [3.8, 4) is 0 Å². The minimum Gasteiger partial charge on any atom is -0.465 e. The Morgan fingerprint density at radius 1 is 1.16 bits per heavy atom. The largest absolute Gasteiger partial charge is 0.465 e. The average molecular weight is 471 g/mol. The third-order valence-corrected chi connectivity index (χ3v) is 5.97. The van der Waals surface area contributed by atoms with Crippen LogP contribution in [0.4, 0.5) is 0 Å². The fourth-order valence-corrected chi connectivity index (χ4v) is 3.65.